The summed E-state index contributed by atoms with van der Waals surface area (Å²) >= 11 is 6.05. The zero-order chi connectivity index (χ0) is 20.0. The van der Waals surface area contributed by atoms with Gasteiger partial charge in [-0.1, -0.05) is 11.6 Å². The molecule has 5 rings (SSSR count). The lowest BCUT2D eigenvalue weighted by Crippen LogP contribution is -2.36. The molecule has 6 heteroatoms. The van der Waals surface area contributed by atoms with Crippen molar-refractivity contribution in [2.24, 2.45) is 0 Å². The molecule has 0 unspecified atom stereocenters. The topological polar surface area (TPSA) is 61.8 Å². The Morgan fingerprint density at radius 2 is 1.90 bits per heavy atom. The molecule has 0 aliphatic heterocycles. The van der Waals surface area contributed by atoms with Crippen LogP contribution in [-0.4, -0.2) is 25.7 Å². The van der Waals surface area contributed by atoms with E-state index in [-0.39, 0.29) is 11.7 Å². The molecule has 0 spiro atoms. The molecule has 1 saturated carbocycles. The molecule has 0 radical (unpaired) electrons. The van der Waals surface area contributed by atoms with Gasteiger partial charge in [-0.3, -0.25) is 4.98 Å². The number of aromatic nitrogens is 3. The van der Waals surface area contributed by atoms with Gasteiger partial charge in [-0.15, -0.1) is 0 Å². The van der Waals surface area contributed by atoms with Gasteiger partial charge in [0.2, 0.25) is 0 Å². The fraction of sp³-hybridized carbons (Fsp3) is 0.304. The number of aromatic amines is 1. The van der Waals surface area contributed by atoms with Gasteiger partial charge < -0.3 is 10.1 Å². The minimum absolute atomic E-state index is 0.246. The molecule has 1 aliphatic carbocycles. The van der Waals surface area contributed by atoms with Gasteiger partial charge in [-0.25, -0.2) is 9.37 Å². The van der Waals surface area contributed by atoms with Crippen molar-refractivity contribution in [3.8, 4) is 0 Å². The molecular weight excluding hydrogens is 389 g/mol. The van der Waals surface area contributed by atoms with E-state index in [1.165, 1.54) is 6.07 Å². The van der Waals surface area contributed by atoms with Crippen LogP contribution in [0.3, 0.4) is 0 Å². The number of H-pyrrole nitrogens is 1. The molecule has 1 fully saturated rings. The van der Waals surface area contributed by atoms with Crippen LogP contribution in [0.2, 0.25) is 5.02 Å². The van der Waals surface area contributed by atoms with Crippen LogP contribution >= 0.6 is 11.6 Å². The van der Waals surface area contributed by atoms with Crippen LogP contribution in [-0.2, 0) is 6.42 Å². The first-order chi connectivity index (χ1) is 14.0. The standard InChI is InChI=1S/C23H21ClFN3O/c24-15-1-3-20-21(11-15)28-22(27-20)13-23(29)8-5-14(6-9-23)17-7-10-26-19-4-2-16(25)12-18(17)19/h1-4,7,10-12,14,29H,5-6,8-9,13H2,(H,27,28). The minimum Gasteiger partial charge on any atom is -0.389 e. The number of aliphatic hydroxyl groups is 1. The first kappa shape index (κ1) is 18.5. The lowest BCUT2D eigenvalue weighted by molar-refractivity contribution is -0.00181. The summed E-state index contributed by atoms with van der Waals surface area (Å²) in [6.07, 6.45) is 5.31. The highest BCUT2D eigenvalue weighted by molar-refractivity contribution is 6.31. The van der Waals surface area contributed by atoms with Crippen LogP contribution in [0.1, 0.15) is 43.0 Å². The van der Waals surface area contributed by atoms with Crippen LogP contribution in [0.15, 0.2) is 48.7 Å². The predicted molar refractivity (Wildman–Crippen MR) is 113 cm³/mol. The van der Waals surface area contributed by atoms with E-state index < -0.39 is 5.60 Å². The monoisotopic (exact) mass is 409 g/mol. The second-order valence-electron chi connectivity index (χ2n) is 8.08. The molecule has 4 nitrogen and oxygen atoms in total. The van der Waals surface area contributed by atoms with Crippen molar-refractivity contribution in [2.75, 3.05) is 0 Å². The van der Waals surface area contributed by atoms with Gasteiger partial charge in [0.1, 0.15) is 11.6 Å². The number of imidazole rings is 1. The summed E-state index contributed by atoms with van der Waals surface area (Å²) in [5.74, 6) is 0.820. The summed E-state index contributed by atoms with van der Waals surface area (Å²) in [7, 11) is 0. The number of hydrogen-bond donors (Lipinski definition) is 2. The Morgan fingerprint density at radius 1 is 1.10 bits per heavy atom. The molecular formula is C23H21ClFN3O. The molecule has 2 aromatic heterocycles. The number of fused-ring (bicyclic) bond motifs is 2. The molecule has 4 aromatic rings. The number of benzene rings is 2. The molecule has 148 valence electrons. The summed E-state index contributed by atoms with van der Waals surface area (Å²) < 4.78 is 13.8. The van der Waals surface area contributed by atoms with Crippen LogP contribution in [0, 0.1) is 5.82 Å². The van der Waals surface area contributed by atoms with Crippen molar-refractivity contribution in [3.05, 3.63) is 70.9 Å². The van der Waals surface area contributed by atoms with E-state index in [4.69, 9.17) is 11.6 Å². The molecule has 1 aliphatic rings. The number of halogens is 2. The summed E-state index contributed by atoms with van der Waals surface area (Å²) in [5.41, 5.74) is 2.88. The van der Waals surface area contributed by atoms with E-state index in [0.717, 1.165) is 46.2 Å². The molecule has 29 heavy (non-hydrogen) atoms. The van der Waals surface area contributed by atoms with Crippen molar-refractivity contribution >= 4 is 33.5 Å². The summed E-state index contributed by atoms with van der Waals surface area (Å²) in [6, 6.07) is 12.3. The first-order valence-electron chi connectivity index (χ1n) is 9.90. The normalized spacial score (nSPS) is 22.4. The average Bonchev–Trinajstić information content (AvgIpc) is 3.09. The van der Waals surface area contributed by atoms with Gasteiger partial charge in [0.15, 0.2) is 0 Å². The Balaban J connectivity index is 1.34. The second kappa shape index (κ2) is 7.08. The SMILES string of the molecule is OC1(Cc2nc3ccc(Cl)cc3[nH]2)CCC(c2ccnc3ccc(F)cc23)CC1. The molecule has 0 atom stereocenters. The maximum atomic E-state index is 13.8. The van der Waals surface area contributed by atoms with Crippen molar-refractivity contribution in [1.29, 1.82) is 0 Å². The molecule has 0 amide bonds. The number of nitrogens with one attached hydrogen (secondary N) is 1. The minimum atomic E-state index is -0.789. The van der Waals surface area contributed by atoms with Gasteiger partial charge >= 0.3 is 0 Å². The fourth-order valence-corrected chi connectivity index (χ4v) is 4.74. The number of pyridine rings is 1. The number of hydrogen-bond acceptors (Lipinski definition) is 3. The van der Waals surface area contributed by atoms with Crippen LogP contribution in [0.5, 0.6) is 0 Å². The van der Waals surface area contributed by atoms with E-state index in [2.05, 4.69) is 15.0 Å². The highest BCUT2D eigenvalue weighted by Gasteiger charge is 2.35. The van der Waals surface area contributed by atoms with Crippen molar-refractivity contribution < 1.29 is 9.50 Å². The lowest BCUT2D eigenvalue weighted by Gasteiger charge is -2.36. The Morgan fingerprint density at radius 3 is 2.72 bits per heavy atom. The predicted octanol–water partition coefficient (Wildman–Crippen LogP) is 5.54. The summed E-state index contributed by atoms with van der Waals surface area (Å²) in [5, 5.41) is 12.7. The van der Waals surface area contributed by atoms with Crippen molar-refractivity contribution in [1.82, 2.24) is 15.0 Å². The first-order valence-corrected chi connectivity index (χ1v) is 10.3. The molecule has 2 N–H and O–H groups in total. The highest BCUT2D eigenvalue weighted by Crippen LogP contribution is 2.41. The van der Waals surface area contributed by atoms with Crippen LogP contribution in [0.4, 0.5) is 4.39 Å². The molecule has 2 aromatic carbocycles. The third-order valence-corrected chi connectivity index (χ3v) is 6.32. The number of rotatable bonds is 3. The highest BCUT2D eigenvalue weighted by atomic mass is 35.5. The fourth-order valence-electron chi connectivity index (χ4n) is 4.57. The van der Waals surface area contributed by atoms with Crippen molar-refractivity contribution in [2.45, 2.75) is 43.6 Å². The Bertz CT molecular complexity index is 1200. The van der Waals surface area contributed by atoms with E-state index in [1.807, 2.05) is 24.3 Å². The Kier molecular flexibility index (Phi) is 4.52. The molecule has 2 heterocycles. The largest absolute Gasteiger partial charge is 0.389 e. The summed E-state index contributed by atoms with van der Waals surface area (Å²) in [4.78, 5) is 12.2. The third-order valence-electron chi connectivity index (χ3n) is 6.08. The van der Waals surface area contributed by atoms with E-state index >= 15 is 0 Å². The zero-order valence-corrected chi connectivity index (χ0v) is 16.6. The van der Waals surface area contributed by atoms with Crippen LogP contribution in [0.25, 0.3) is 21.9 Å². The van der Waals surface area contributed by atoms with E-state index in [9.17, 15) is 9.50 Å². The van der Waals surface area contributed by atoms with E-state index in [1.54, 1.807) is 18.3 Å². The maximum absolute atomic E-state index is 13.8. The average molecular weight is 410 g/mol. The Labute approximate surface area is 172 Å². The van der Waals surface area contributed by atoms with Gasteiger partial charge in [0.25, 0.3) is 0 Å². The molecule has 0 saturated heterocycles. The smallest absolute Gasteiger partial charge is 0.123 e. The van der Waals surface area contributed by atoms with Crippen LogP contribution < -0.4 is 0 Å². The lowest BCUT2D eigenvalue weighted by atomic mass is 9.74. The van der Waals surface area contributed by atoms with Gasteiger partial charge in [0, 0.05) is 23.0 Å². The third kappa shape index (κ3) is 3.61. The van der Waals surface area contributed by atoms with Crippen molar-refractivity contribution in [3.63, 3.8) is 0 Å². The van der Waals surface area contributed by atoms with Gasteiger partial charge in [-0.05, 0) is 79.6 Å². The zero-order valence-electron chi connectivity index (χ0n) is 15.8. The number of nitrogens with zero attached hydrogens (tertiary/aromatic N) is 2. The molecule has 0 bridgehead atoms. The van der Waals surface area contributed by atoms with Gasteiger partial charge in [0.05, 0.1) is 22.2 Å². The maximum Gasteiger partial charge on any atom is 0.123 e. The van der Waals surface area contributed by atoms with E-state index in [0.29, 0.717) is 24.3 Å². The van der Waals surface area contributed by atoms with Gasteiger partial charge in [-0.2, -0.15) is 0 Å². The quantitative estimate of drug-likeness (QED) is 0.467. The second-order valence-corrected chi connectivity index (χ2v) is 8.52. The summed E-state index contributed by atoms with van der Waals surface area (Å²) in [6.45, 7) is 0. The Hall–Kier alpha value is -2.50.